The van der Waals surface area contributed by atoms with Crippen molar-refractivity contribution in [2.75, 3.05) is 44.4 Å². The fraction of sp³-hybridized carbons (Fsp3) is 0.824. The van der Waals surface area contributed by atoms with E-state index in [0.717, 1.165) is 43.5 Å². The lowest BCUT2D eigenvalue weighted by Crippen LogP contribution is -2.44. The van der Waals surface area contributed by atoms with Gasteiger partial charge in [0, 0.05) is 25.2 Å². The first-order valence-electron chi connectivity index (χ1n) is 9.16. The molecule has 1 aromatic rings. The third kappa shape index (κ3) is 5.78. The number of nitrogens with one attached hydrogen (secondary N) is 1. The number of hydrogen-bond acceptors (Lipinski definition) is 9. The number of aromatic nitrogens is 2. The number of nitrogens with zero attached hydrogens (tertiary/aromatic N) is 3. The average molecular weight is 385 g/mol. The number of hydrogen-bond donors (Lipinski definition) is 1. The predicted molar refractivity (Wildman–Crippen MR) is 98.8 cm³/mol. The Morgan fingerprint density at radius 1 is 1.35 bits per heavy atom. The van der Waals surface area contributed by atoms with E-state index in [-0.39, 0.29) is 30.1 Å². The van der Waals surface area contributed by atoms with Crippen LogP contribution in [0.25, 0.3) is 0 Å². The SMILES string of the molecule is CC(C)(C)NC[C@@H](COc1nsnc1N1CCOCC1)OC(=O)C1CC1. The summed E-state index contributed by atoms with van der Waals surface area (Å²) in [6, 6.07) is 0. The molecule has 0 bridgehead atoms. The van der Waals surface area contributed by atoms with Crippen molar-refractivity contribution in [3.05, 3.63) is 0 Å². The van der Waals surface area contributed by atoms with Crippen molar-refractivity contribution in [3.8, 4) is 5.88 Å². The van der Waals surface area contributed by atoms with Gasteiger partial charge in [0.25, 0.3) is 5.88 Å². The number of ether oxygens (including phenoxy) is 3. The van der Waals surface area contributed by atoms with Crippen LogP contribution in [-0.4, -0.2) is 65.8 Å². The van der Waals surface area contributed by atoms with Gasteiger partial charge < -0.3 is 24.4 Å². The van der Waals surface area contributed by atoms with Crippen LogP contribution in [0.5, 0.6) is 5.88 Å². The molecule has 0 aromatic carbocycles. The molecular formula is C17H28N4O4S. The van der Waals surface area contributed by atoms with Crippen molar-refractivity contribution in [3.63, 3.8) is 0 Å². The lowest BCUT2D eigenvalue weighted by atomic mass is 10.1. The average Bonchev–Trinajstić information content (AvgIpc) is 3.36. The lowest BCUT2D eigenvalue weighted by molar-refractivity contribution is -0.152. The second-order valence-corrected chi connectivity index (χ2v) is 8.30. The number of morpholine rings is 1. The summed E-state index contributed by atoms with van der Waals surface area (Å²) in [5.41, 5.74) is -0.0641. The van der Waals surface area contributed by atoms with E-state index in [1.165, 1.54) is 0 Å². The predicted octanol–water partition coefficient (Wildman–Crippen LogP) is 1.46. The van der Waals surface area contributed by atoms with Crippen LogP contribution in [0.4, 0.5) is 5.82 Å². The van der Waals surface area contributed by atoms with Gasteiger partial charge in [-0.25, -0.2) is 0 Å². The summed E-state index contributed by atoms with van der Waals surface area (Å²) in [6.07, 6.45) is 1.49. The van der Waals surface area contributed by atoms with E-state index in [1.54, 1.807) is 0 Å². The zero-order chi connectivity index (χ0) is 18.6. The highest BCUT2D eigenvalue weighted by Gasteiger charge is 2.33. The Kier molecular flexibility index (Phi) is 6.31. The van der Waals surface area contributed by atoms with Gasteiger partial charge in [-0.1, -0.05) is 0 Å². The van der Waals surface area contributed by atoms with E-state index in [4.69, 9.17) is 14.2 Å². The molecule has 1 N–H and O–H groups in total. The first-order chi connectivity index (χ1) is 12.4. The van der Waals surface area contributed by atoms with Gasteiger partial charge in [0.05, 0.1) is 30.9 Å². The van der Waals surface area contributed by atoms with Crippen LogP contribution in [0.15, 0.2) is 0 Å². The quantitative estimate of drug-likeness (QED) is 0.675. The molecule has 8 nitrogen and oxygen atoms in total. The number of esters is 1. The molecule has 9 heteroatoms. The van der Waals surface area contributed by atoms with E-state index < -0.39 is 0 Å². The zero-order valence-corrected chi connectivity index (χ0v) is 16.5. The number of rotatable bonds is 8. The summed E-state index contributed by atoms with van der Waals surface area (Å²) in [6.45, 7) is 9.91. The van der Waals surface area contributed by atoms with Gasteiger partial charge in [-0.2, -0.15) is 4.37 Å². The summed E-state index contributed by atoms with van der Waals surface area (Å²) in [7, 11) is 0. The van der Waals surface area contributed by atoms with Crippen LogP contribution in [0.2, 0.25) is 0 Å². The van der Waals surface area contributed by atoms with Gasteiger partial charge in [-0.15, -0.1) is 4.37 Å². The summed E-state index contributed by atoms with van der Waals surface area (Å²) < 4.78 is 25.5. The van der Waals surface area contributed by atoms with Crippen LogP contribution < -0.4 is 15.0 Å². The van der Waals surface area contributed by atoms with E-state index >= 15 is 0 Å². The van der Waals surface area contributed by atoms with Crippen LogP contribution in [0.3, 0.4) is 0 Å². The molecular weight excluding hydrogens is 356 g/mol. The first-order valence-corrected chi connectivity index (χ1v) is 9.89. The highest BCUT2D eigenvalue weighted by Crippen LogP contribution is 2.31. The highest BCUT2D eigenvalue weighted by molar-refractivity contribution is 6.99. The lowest BCUT2D eigenvalue weighted by Gasteiger charge is -2.27. The molecule has 2 aliphatic rings. The van der Waals surface area contributed by atoms with Crippen molar-refractivity contribution < 1.29 is 19.0 Å². The van der Waals surface area contributed by atoms with Gasteiger partial charge >= 0.3 is 5.97 Å². The van der Waals surface area contributed by atoms with Crippen LogP contribution in [0, 0.1) is 5.92 Å². The summed E-state index contributed by atoms with van der Waals surface area (Å²) >= 11 is 1.13. The fourth-order valence-corrected chi connectivity index (χ4v) is 3.06. The van der Waals surface area contributed by atoms with Crippen LogP contribution >= 0.6 is 11.7 Å². The van der Waals surface area contributed by atoms with Crippen molar-refractivity contribution in [1.82, 2.24) is 14.1 Å². The molecule has 1 atom stereocenters. The molecule has 26 heavy (non-hydrogen) atoms. The third-order valence-corrected chi connectivity index (χ3v) is 4.71. The van der Waals surface area contributed by atoms with E-state index in [0.29, 0.717) is 25.6 Å². The molecule has 3 rings (SSSR count). The molecule has 0 amide bonds. The van der Waals surface area contributed by atoms with Crippen molar-refractivity contribution in [2.45, 2.75) is 45.3 Å². The Labute approximate surface area is 158 Å². The molecule has 2 fully saturated rings. The molecule has 2 heterocycles. The molecule has 1 saturated heterocycles. The molecule has 1 saturated carbocycles. The Balaban J connectivity index is 1.57. The fourth-order valence-electron chi connectivity index (χ4n) is 2.54. The van der Waals surface area contributed by atoms with E-state index in [2.05, 4.69) is 39.7 Å². The van der Waals surface area contributed by atoms with Gasteiger partial charge in [0.1, 0.15) is 12.7 Å². The maximum absolute atomic E-state index is 12.1. The summed E-state index contributed by atoms with van der Waals surface area (Å²) in [4.78, 5) is 14.2. The van der Waals surface area contributed by atoms with Gasteiger partial charge in [0.2, 0.25) is 5.82 Å². The Bertz CT molecular complexity index is 594. The number of carbonyl (C=O) groups is 1. The minimum atomic E-state index is -0.360. The Morgan fingerprint density at radius 3 is 2.73 bits per heavy atom. The van der Waals surface area contributed by atoms with Gasteiger partial charge in [0.15, 0.2) is 0 Å². The Morgan fingerprint density at radius 2 is 2.08 bits per heavy atom. The first kappa shape index (κ1) is 19.3. The Hall–Kier alpha value is -1.45. The number of carbonyl (C=O) groups excluding carboxylic acids is 1. The zero-order valence-electron chi connectivity index (χ0n) is 15.7. The van der Waals surface area contributed by atoms with E-state index in [1.807, 2.05) is 0 Å². The second-order valence-electron chi connectivity index (χ2n) is 7.77. The molecule has 1 aliphatic carbocycles. The smallest absolute Gasteiger partial charge is 0.309 e. The highest BCUT2D eigenvalue weighted by atomic mass is 32.1. The van der Waals surface area contributed by atoms with Crippen molar-refractivity contribution in [1.29, 1.82) is 0 Å². The van der Waals surface area contributed by atoms with Crippen LogP contribution in [0.1, 0.15) is 33.6 Å². The molecule has 146 valence electrons. The molecule has 0 unspecified atom stereocenters. The van der Waals surface area contributed by atoms with Crippen molar-refractivity contribution >= 4 is 23.5 Å². The monoisotopic (exact) mass is 384 g/mol. The third-order valence-electron chi connectivity index (χ3n) is 4.21. The normalized spacial score (nSPS) is 19.3. The van der Waals surface area contributed by atoms with Gasteiger partial charge in [-0.3, -0.25) is 4.79 Å². The second kappa shape index (κ2) is 8.49. The molecule has 0 spiro atoms. The maximum atomic E-state index is 12.1. The standard InChI is InChI=1S/C17H28N4O4S/c1-17(2,3)18-10-13(25-16(22)12-4-5-12)11-24-15-14(19-26-20-15)21-6-8-23-9-7-21/h12-13,18H,4-11H2,1-3H3/t13-/m0/s1. The van der Waals surface area contributed by atoms with E-state index in [9.17, 15) is 4.79 Å². The minimum Gasteiger partial charge on any atom is -0.470 e. The minimum absolute atomic E-state index is 0.0641. The molecule has 1 aliphatic heterocycles. The maximum Gasteiger partial charge on any atom is 0.309 e. The largest absolute Gasteiger partial charge is 0.470 e. The summed E-state index contributed by atoms with van der Waals surface area (Å²) in [5, 5.41) is 3.38. The summed E-state index contributed by atoms with van der Waals surface area (Å²) in [5.74, 6) is 1.19. The number of anilines is 1. The van der Waals surface area contributed by atoms with Gasteiger partial charge in [-0.05, 0) is 33.6 Å². The molecule has 0 radical (unpaired) electrons. The van der Waals surface area contributed by atoms with Crippen LogP contribution in [-0.2, 0) is 14.3 Å². The topological polar surface area (TPSA) is 85.8 Å². The van der Waals surface area contributed by atoms with Crippen molar-refractivity contribution in [2.24, 2.45) is 5.92 Å². The molecule has 1 aromatic heterocycles.